The molecular formula is C15H21N3O. The number of benzene rings is 1. The van der Waals surface area contributed by atoms with Gasteiger partial charge in [0, 0.05) is 26.0 Å². The molecule has 0 saturated heterocycles. The smallest absolute Gasteiger partial charge is 0.128 e. The minimum atomic E-state index is -0.0442. The largest absolute Gasteiger partial charge is 0.372 e. The maximum Gasteiger partial charge on any atom is 0.128 e. The van der Waals surface area contributed by atoms with Gasteiger partial charge in [0.2, 0.25) is 0 Å². The molecule has 4 heteroatoms. The number of ether oxygens (including phenoxy) is 1. The van der Waals surface area contributed by atoms with Crippen molar-refractivity contribution < 1.29 is 4.74 Å². The summed E-state index contributed by atoms with van der Waals surface area (Å²) in [5, 5.41) is 3.32. The van der Waals surface area contributed by atoms with E-state index < -0.39 is 0 Å². The third kappa shape index (κ3) is 3.03. The van der Waals surface area contributed by atoms with Crippen LogP contribution in [0.5, 0.6) is 0 Å². The zero-order valence-corrected chi connectivity index (χ0v) is 11.7. The highest BCUT2D eigenvalue weighted by Crippen LogP contribution is 2.30. The molecule has 0 aliphatic heterocycles. The molecule has 0 bridgehead atoms. The summed E-state index contributed by atoms with van der Waals surface area (Å²) in [5.41, 5.74) is 1.16. The molecule has 1 aromatic carbocycles. The molecule has 1 N–H and O–H groups in total. The van der Waals surface area contributed by atoms with Crippen molar-refractivity contribution in [1.29, 1.82) is 0 Å². The molecule has 0 radical (unpaired) electrons. The Labute approximate surface area is 114 Å². The fraction of sp³-hybridized carbons (Fsp3) is 0.400. The number of imidazole rings is 1. The number of hydrogen-bond acceptors (Lipinski definition) is 3. The quantitative estimate of drug-likeness (QED) is 0.866. The molecule has 2 unspecified atom stereocenters. The number of rotatable bonds is 6. The summed E-state index contributed by atoms with van der Waals surface area (Å²) in [6.45, 7) is 2.68. The van der Waals surface area contributed by atoms with Gasteiger partial charge in [0.15, 0.2) is 0 Å². The van der Waals surface area contributed by atoms with Crippen LogP contribution < -0.4 is 5.32 Å². The molecular weight excluding hydrogens is 238 g/mol. The van der Waals surface area contributed by atoms with Crippen LogP contribution in [0.1, 0.15) is 30.5 Å². The Morgan fingerprint density at radius 2 is 2.05 bits per heavy atom. The summed E-state index contributed by atoms with van der Waals surface area (Å²) in [4.78, 5) is 4.44. The van der Waals surface area contributed by atoms with Crippen molar-refractivity contribution in [3.8, 4) is 0 Å². The van der Waals surface area contributed by atoms with Crippen LogP contribution in [0, 0.1) is 0 Å². The van der Waals surface area contributed by atoms with Gasteiger partial charge in [0.25, 0.3) is 0 Å². The predicted octanol–water partition coefficient (Wildman–Crippen LogP) is 2.46. The van der Waals surface area contributed by atoms with Crippen molar-refractivity contribution in [2.45, 2.75) is 19.1 Å². The van der Waals surface area contributed by atoms with E-state index in [9.17, 15) is 0 Å². The first-order chi connectivity index (χ1) is 9.27. The van der Waals surface area contributed by atoms with Crippen LogP contribution in [0.3, 0.4) is 0 Å². The maximum atomic E-state index is 5.94. The fourth-order valence-corrected chi connectivity index (χ4v) is 2.30. The van der Waals surface area contributed by atoms with Gasteiger partial charge in [0.05, 0.1) is 6.04 Å². The highest BCUT2D eigenvalue weighted by atomic mass is 16.5. The van der Waals surface area contributed by atoms with E-state index >= 15 is 0 Å². The summed E-state index contributed by atoms with van der Waals surface area (Å²) < 4.78 is 7.97. The molecule has 0 aliphatic carbocycles. The summed E-state index contributed by atoms with van der Waals surface area (Å²) in [5.74, 6) is 0.977. The molecule has 0 saturated carbocycles. The summed E-state index contributed by atoms with van der Waals surface area (Å²) >= 11 is 0. The molecule has 0 aliphatic rings. The van der Waals surface area contributed by atoms with Crippen LogP contribution in [0.25, 0.3) is 0 Å². The van der Waals surface area contributed by atoms with Gasteiger partial charge in [-0.3, -0.25) is 0 Å². The van der Waals surface area contributed by atoms with E-state index in [1.165, 1.54) is 0 Å². The van der Waals surface area contributed by atoms with Crippen LogP contribution >= 0.6 is 0 Å². The van der Waals surface area contributed by atoms with Crippen molar-refractivity contribution in [1.82, 2.24) is 14.9 Å². The van der Waals surface area contributed by atoms with Crippen molar-refractivity contribution in [3.63, 3.8) is 0 Å². The standard InChI is InChI=1S/C15H21N3O/c1-4-19-14(12-8-6-5-7-9-12)13(16-2)15-17-10-11-18(15)3/h5-11,13-14,16H,4H2,1-3H3. The van der Waals surface area contributed by atoms with Crippen LogP contribution in [0.2, 0.25) is 0 Å². The first kappa shape index (κ1) is 13.8. The number of nitrogens with one attached hydrogen (secondary N) is 1. The first-order valence-corrected chi connectivity index (χ1v) is 6.59. The molecule has 2 rings (SSSR count). The van der Waals surface area contributed by atoms with Gasteiger partial charge in [-0.05, 0) is 19.5 Å². The van der Waals surface area contributed by atoms with Crippen LogP contribution in [0.4, 0.5) is 0 Å². The number of aromatic nitrogens is 2. The van der Waals surface area contributed by atoms with Crippen molar-refractivity contribution in [2.75, 3.05) is 13.7 Å². The Bertz CT molecular complexity index is 495. The van der Waals surface area contributed by atoms with E-state index in [1.54, 1.807) is 0 Å². The molecule has 1 heterocycles. The van der Waals surface area contributed by atoms with Crippen LogP contribution in [-0.4, -0.2) is 23.2 Å². The molecule has 0 fully saturated rings. The zero-order chi connectivity index (χ0) is 13.7. The number of hydrogen-bond donors (Lipinski definition) is 1. The van der Waals surface area contributed by atoms with Gasteiger partial charge in [-0.1, -0.05) is 30.3 Å². The van der Waals surface area contributed by atoms with Gasteiger partial charge >= 0.3 is 0 Å². The average Bonchev–Trinajstić information content (AvgIpc) is 2.86. The monoisotopic (exact) mass is 259 g/mol. The molecule has 2 atom stereocenters. The van der Waals surface area contributed by atoms with E-state index in [0.717, 1.165) is 11.4 Å². The Morgan fingerprint density at radius 3 is 2.58 bits per heavy atom. The van der Waals surface area contributed by atoms with E-state index in [4.69, 9.17) is 4.74 Å². The zero-order valence-electron chi connectivity index (χ0n) is 11.7. The van der Waals surface area contributed by atoms with E-state index in [0.29, 0.717) is 6.61 Å². The van der Waals surface area contributed by atoms with Gasteiger partial charge in [-0.2, -0.15) is 0 Å². The van der Waals surface area contributed by atoms with Crippen molar-refractivity contribution in [3.05, 3.63) is 54.1 Å². The number of nitrogens with zero attached hydrogens (tertiary/aromatic N) is 2. The SMILES string of the molecule is CCOC(c1ccccc1)C(NC)c1nccn1C. The Balaban J connectivity index is 2.34. The summed E-state index contributed by atoms with van der Waals surface area (Å²) in [6.07, 6.45) is 3.72. The summed E-state index contributed by atoms with van der Waals surface area (Å²) in [6, 6.07) is 10.3. The maximum absolute atomic E-state index is 5.94. The first-order valence-electron chi connectivity index (χ1n) is 6.59. The minimum Gasteiger partial charge on any atom is -0.372 e. The Hall–Kier alpha value is -1.65. The highest BCUT2D eigenvalue weighted by molar-refractivity contribution is 5.21. The third-order valence-corrected chi connectivity index (χ3v) is 3.22. The normalized spacial score (nSPS) is 14.3. The molecule has 4 nitrogen and oxygen atoms in total. The predicted molar refractivity (Wildman–Crippen MR) is 75.8 cm³/mol. The molecule has 1 aromatic heterocycles. The fourth-order valence-electron chi connectivity index (χ4n) is 2.30. The molecule has 0 amide bonds. The van der Waals surface area contributed by atoms with Crippen molar-refractivity contribution >= 4 is 0 Å². The second-order valence-corrected chi connectivity index (χ2v) is 4.45. The highest BCUT2D eigenvalue weighted by Gasteiger charge is 2.26. The van der Waals surface area contributed by atoms with Gasteiger partial charge in [-0.15, -0.1) is 0 Å². The molecule has 102 valence electrons. The number of likely N-dealkylation sites (N-methyl/N-ethyl adjacent to an activating group) is 1. The lowest BCUT2D eigenvalue weighted by atomic mass is 10.0. The van der Waals surface area contributed by atoms with Crippen LogP contribution in [0.15, 0.2) is 42.7 Å². The van der Waals surface area contributed by atoms with Crippen LogP contribution in [-0.2, 0) is 11.8 Å². The minimum absolute atomic E-state index is 0.0300. The molecule has 19 heavy (non-hydrogen) atoms. The lowest BCUT2D eigenvalue weighted by Crippen LogP contribution is -2.28. The van der Waals surface area contributed by atoms with E-state index in [2.05, 4.69) is 22.4 Å². The topological polar surface area (TPSA) is 39.1 Å². The van der Waals surface area contributed by atoms with Gasteiger partial charge in [-0.25, -0.2) is 4.98 Å². The second-order valence-electron chi connectivity index (χ2n) is 4.45. The molecule has 0 spiro atoms. The van der Waals surface area contributed by atoms with Gasteiger partial charge in [0.1, 0.15) is 11.9 Å². The molecule has 2 aromatic rings. The summed E-state index contributed by atoms with van der Waals surface area (Å²) in [7, 11) is 3.94. The third-order valence-electron chi connectivity index (χ3n) is 3.22. The lowest BCUT2D eigenvalue weighted by molar-refractivity contribution is 0.0318. The van der Waals surface area contributed by atoms with E-state index in [1.807, 2.05) is 56.2 Å². The Kier molecular flexibility index (Phi) is 4.71. The lowest BCUT2D eigenvalue weighted by Gasteiger charge is -2.26. The van der Waals surface area contributed by atoms with Crippen molar-refractivity contribution in [2.24, 2.45) is 7.05 Å². The number of aryl methyl sites for hydroxylation is 1. The van der Waals surface area contributed by atoms with E-state index in [-0.39, 0.29) is 12.1 Å². The van der Waals surface area contributed by atoms with Gasteiger partial charge < -0.3 is 14.6 Å². The average molecular weight is 259 g/mol. The second kappa shape index (κ2) is 6.50. The Morgan fingerprint density at radius 1 is 1.32 bits per heavy atom.